The number of nitrogens with zero attached hydrogens (tertiary/aromatic N) is 3. The fourth-order valence-electron chi connectivity index (χ4n) is 2.93. The van der Waals surface area contributed by atoms with E-state index in [-0.39, 0.29) is 41.7 Å². The van der Waals surface area contributed by atoms with E-state index in [1.165, 1.54) is 12.1 Å². The van der Waals surface area contributed by atoms with Gasteiger partial charge >= 0.3 is 0 Å². The van der Waals surface area contributed by atoms with Crippen molar-refractivity contribution in [3.8, 4) is 0 Å². The average Bonchev–Trinajstić information content (AvgIpc) is 3.10. The lowest BCUT2D eigenvalue weighted by atomic mass is 10.2. The largest absolute Gasteiger partial charge is 0.352 e. The average molecular weight is 552 g/mol. The van der Waals surface area contributed by atoms with E-state index < -0.39 is 0 Å². The number of nitrogens with one attached hydrogen (secondary N) is 2. The highest BCUT2D eigenvalue weighted by Crippen LogP contribution is 2.20. The van der Waals surface area contributed by atoms with Crippen LogP contribution in [0.1, 0.15) is 12.0 Å². The maximum atomic E-state index is 13.9. The molecule has 0 radical (unpaired) electrons. The smallest absolute Gasteiger partial charge is 0.191 e. The molecule has 1 saturated heterocycles. The molecule has 2 N–H and O–H groups in total. The Kier molecular flexibility index (Phi) is 8.21. The number of pyridine rings is 1. The van der Waals surface area contributed by atoms with Gasteiger partial charge in [-0.1, -0.05) is 15.9 Å². The Balaban J connectivity index is 0.00000261. The van der Waals surface area contributed by atoms with E-state index >= 15 is 0 Å². The van der Waals surface area contributed by atoms with Crippen LogP contribution in [0.25, 0.3) is 0 Å². The van der Waals surface area contributed by atoms with Crippen molar-refractivity contribution in [1.82, 2.24) is 15.6 Å². The summed E-state index contributed by atoms with van der Waals surface area (Å²) in [7, 11) is 1.66. The second-order valence-electron chi connectivity index (χ2n) is 6.05. The van der Waals surface area contributed by atoms with Gasteiger partial charge in [0.25, 0.3) is 0 Å². The first kappa shape index (κ1) is 21.8. The highest BCUT2D eigenvalue weighted by Gasteiger charge is 2.25. The van der Waals surface area contributed by atoms with Crippen molar-refractivity contribution in [2.45, 2.75) is 19.0 Å². The van der Waals surface area contributed by atoms with Gasteiger partial charge in [-0.25, -0.2) is 13.8 Å². The molecule has 3 rings (SSSR count). The van der Waals surface area contributed by atoms with Crippen LogP contribution in [0.15, 0.2) is 46.0 Å². The Bertz CT molecular complexity index is 805. The summed E-state index contributed by atoms with van der Waals surface area (Å²) in [6.45, 7) is 1.65. The predicted molar refractivity (Wildman–Crippen MR) is 118 cm³/mol. The van der Waals surface area contributed by atoms with Crippen LogP contribution in [0.4, 0.5) is 14.6 Å². The Labute approximate surface area is 182 Å². The molecule has 1 aromatic heterocycles. The van der Waals surface area contributed by atoms with E-state index in [2.05, 4.69) is 36.5 Å². The monoisotopic (exact) mass is 551 g/mol. The second-order valence-corrected chi connectivity index (χ2v) is 6.96. The number of rotatable bonds is 4. The third kappa shape index (κ3) is 5.74. The number of aromatic nitrogens is 1. The number of guanidine groups is 1. The highest BCUT2D eigenvalue weighted by molar-refractivity contribution is 14.0. The van der Waals surface area contributed by atoms with Gasteiger partial charge in [-0.2, -0.15) is 0 Å². The minimum atomic E-state index is -0.319. The molecule has 0 spiro atoms. The summed E-state index contributed by atoms with van der Waals surface area (Å²) in [5.74, 6) is 0.364. The molecule has 1 aromatic carbocycles. The van der Waals surface area contributed by atoms with Crippen molar-refractivity contribution in [2.24, 2.45) is 4.99 Å². The van der Waals surface area contributed by atoms with Gasteiger partial charge in [0, 0.05) is 49.0 Å². The Hall–Kier alpha value is -1.49. The number of anilines is 1. The SMILES string of the molecule is CN=C(NCc1cc(Br)ccc1F)NC1CCN(c2ncccc2F)C1.I. The van der Waals surface area contributed by atoms with Crippen LogP contribution in [0.2, 0.25) is 0 Å². The van der Waals surface area contributed by atoms with E-state index in [1.54, 1.807) is 31.4 Å². The topological polar surface area (TPSA) is 52.6 Å². The number of aliphatic imine (C=N–C) groups is 1. The van der Waals surface area contributed by atoms with Crippen molar-refractivity contribution >= 4 is 51.7 Å². The lowest BCUT2D eigenvalue weighted by molar-refractivity contribution is 0.599. The number of hydrogen-bond acceptors (Lipinski definition) is 3. The van der Waals surface area contributed by atoms with Crippen LogP contribution in [-0.2, 0) is 6.54 Å². The molecular weight excluding hydrogens is 531 g/mol. The minimum absolute atomic E-state index is 0. The molecule has 146 valence electrons. The van der Waals surface area contributed by atoms with E-state index in [9.17, 15) is 8.78 Å². The molecule has 1 aliphatic heterocycles. The lowest BCUT2D eigenvalue weighted by Crippen LogP contribution is -2.44. The molecule has 1 aliphatic rings. The van der Waals surface area contributed by atoms with Crippen LogP contribution in [0.5, 0.6) is 0 Å². The molecule has 9 heteroatoms. The van der Waals surface area contributed by atoms with Gasteiger partial charge in [0.1, 0.15) is 5.82 Å². The molecule has 0 amide bonds. The predicted octanol–water partition coefficient (Wildman–Crippen LogP) is 3.68. The zero-order valence-electron chi connectivity index (χ0n) is 14.8. The fraction of sp³-hybridized carbons (Fsp3) is 0.333. The van der Waals surface area contributed by atoms with E-state index in [4.69, 9.17) is 0 Å². The molecule has 0 saturated carbocycles. The van der Waals surface area contributed by atoms with Gasteiger partial charge in [-0.15, -0.1) is 24.0 Å². The first-order valence-corrected chi connectivity index (χ1v) is 9.12. The van der Waals surface area contributed by atoms with Crippen LogP contribution in [0.3, 0.4) is 0 Å². The summed E-state index contributed by atoms with van der Waals surface area (Å²) in [5.41, 5.74) is 0.547. The molecule has 5 nitrogen and oxygen atoms in total. The molecule has 1 atom stereocenters. The zero-order chi connectivity index (χ0) is 18.5. The minimum Gasteiger partial charge on any atom is -0.352 e. The van der Waals surface area contributed by atoms with Crippen molar-refractivity contribution in [2.75, 3.05) is 25.0 Å². The zero-order valence-corrected chi connectivity index (χ0v) is 18.7. The summed E-state index contributed by atoms with van der Waals surface area (Å²) < 4.78 is 28.5. The number of hydrogen-bond donors (Lipinski definition) is 2. The molecular formula is C18H21BrF2IN5. The van der Waals surface area contributed by atoms with Crippen molar-refractivity contribution in [3.05, 3.63) is 58.2 Å². The fourth-order valence-corrected chi connectivity index (χ4v) is 3.33. The van der Waals surface area contributed by atoms with E-state index in [1.807, 2.05) is 4.90 Å². The van der Waals surface area contributed by atoms with Gasteiger partial charge in [0.05, 0.1) is 0 Å². The Morgan fingerprint density at radius 2 is 2.15 bits per heavy atom. The van der Waals surface area contributed by atoms with Gasteiger partial charge in [-0.05, 0) is 36.8 Å². The lowest BCUT2D eigenvalue weighted by Gasteiger charge is -2.20. The van der Waals surface area contributed by atoms with Crippen molar-refractivity contribution in [3.63, 3.8) is 0 Å². The van der Waals surface area contributed by atoms with Crippen LogP contribution in [0, 0.1) is 11.6 Å². The van der Waals surface area contributed by atoms with Gasteiger partial charge in [0.15, 0.2) is 17.6 Å². The molecule has 0 bridgehead atoms. The van der Waals surface area contributed by atoms with Crippen LogP contribution < -0.4 is 15.5 Å². The van der Waals surface area contributed by atoms with E-state index in [0.717, 1.165) is 10.9 Å². The molecule has 2 heterocycles. The Morgan fingerprint density at radius 1 is 1.33 bits per heavy atom. The van der Waals surface area contributed by atoms with Gasteiger partial charge < -0.3 is 15.5 Å². The van der Waals surface area contributed by atoms with Crippen LogP contribution in [-0.4, -0.2) is 37.1 Å². The maximum absolute atomic E-state index is 13.9. The summed E-state index contributed by atoms with van der Waals surface area (Å²) >= 11 is 3.34. The number of halogens is 4. The summed E-state index contributed by atoms with van der Waals surface area (Å²) in [4.78, 5) is 10.2. The third-order valence-corrected chi connectivity index (χ3v) is 4.74. The molecule has 1 fully saturated rings. The molecule has 2 aromatic rings. The van der Waals surface area contributed by atoms with Crippen LogP contribution >= 0.6 is 39.9 Å². The number of benzene rings is 1. The highest BCUT2D eigenvalue weighted by atomic mass is 127. The second kappa shape index (κ2) is 10.2. The van der Waals surface area contributed by atoms with E-state index in [0.29, 0.717) is 37.0 Å². The quantitative estimate of drug-likeness (QED) is 0.346. The summed E-state index contributed by atoms with van der Waals surface area (Å²) in [6, 6.07) is 7.92. The Morgan fingerprint density at radius 3 is 2.89 bits per heavy atom. The van der Waals surface area contributed by atoms with Gasteiger partial charge in [0.2, 0.25) is 0 Å². The maximum Gasteiger partial charge on any atom is 0.191 e. The van der Waals surface area contributed by atoms with Crippen molar-refractivity contribution < 1.29 is 8.78 Å². The first-order chi connectivity index (χ1) is 12.6. The molecule has 27 heavy (non-hydrogen) atoms. The summed E-state index contributed by atoms with van der Waals surface area (Å²) in [6.07, 6.45) is 2.42. The van der Waals surface area contributed by atoms with Gasteiger partial charge in [-0.3, -0.25) is 4.99 Å². The molecule has 0 aliphatic carbocycles. The van der Waals surface area contributed by atoms with Crippen molar-refractivity contribution in [1.29, 1.82) is 0 Å². The third-order valence-electron chi connectivity index (χ3n) is 4.25. The first-order valence-electron chi connectivity index (χ1n) is 8.33. The standard InChI is InChI=1S/C18H20BrF2N5.HI/c1-22-18(24-10-12-9-13(19)4-5-15(12)20)25-14-6-8-26(11-14)17-16(21)3-2-7-23-17;/h2-5,7,9,14H,6,8,10-11H2,1H3,(H2,22,24,25);1H. The molecule has 1 unspecified atom stereocenters. The summed E-state index contributed by atoms with van der Waals surface area (Å²) in [5, 5.41) is 6.42. The normalized spacial score (nSPS) is 16.8.